The van der Waals surface area contributed by atoms with Crippen molar-refractivity contribution in [3.63, 3.8) is 0 Å². The molecule has 4 rings (SSSR count). The molecule has 4 fully saturated rings. The molecule has 4 bridgehead atoms. The minimum Gasteiger partial charge on any atom is -0.394 e. The quantitative estimate of drug-likeness (QED) is 0.278. The molecule has 0 aliphatic carbocycles. The first-order valence-electron chi connectivity index (χ1n) is 8.37. The molecule has 0 saturated carbocycles. The molecule has 0 unspecified atom stereocenters. The molecule has 0 aromatic carbocycles. The van der Waals surface area contributed by atoms with Gasteiger partial charge in [-0.05, 0) is 13.8 Å². The third kappa shape index (κ3) is 2.11. The summed E-state index contributed by atoms with van der Waals surface area (Å²) in [6.07, 6.45) is -5.74. The Balaban J connectivity index is 2.02. The highest BCUT2D eigenvalue weighted by Gasteiger charge is 2.82. The van der Waals surface area contributed by atoms with Gasteiger partial charge in [-0.1, -0.05) is 0 Å². The molecular weight excluding hydrogens is 352 g/mol. The molecule has 4 heterocycles. The van der Waals surface area contributed by atoms with Gasteiger partial charge < -0.3 is 20.4 Å². The van der Waals surface area contributed by atoms with E-state index in [9.17, 15) is 35.5 Å². The van der Waals surface area contributed by atoms with Gasteiger partial charge in [-0.25, -0.2) is 0 Å². The van der Waals surface area contributed by atoms with Crippen LogP contribution in [0, 0.1) is 25.6 Å². The second-order valence-electron chi connectivity index (χ2n) is 8.16. The van der Waals surface area contributed by atoms with Gasteiger partial charge in [0.1, 0.15) is 23.7 Å². The number of piperidine rings is 2. The zero-order chi connectivity index (χ0) is 19.7. The van der Waals surface area contributed by atoms with Crippen molar-refractivity contribution in [3.8, 4) is 0 Å². The minimum absolute atomic E-state index is 0.108. The van der Waals surface area contributed by atoms with Crippen LogP contribution in [-0.4, -0.2) is 108 Å². The monoisotopic (exact) mass is 376 g/mol. The van der Waals surface area contributed by atoms with Crippen molar-refractivity contribution < 1.29 is 30.3 Å². The molecule has 0 aromatic heterocycles. The zero-order valence-electron chi connectivity index (χ0n) is 14.6. The number of hydrogen-bond donors (Lipinski definition) is 4. The van der Waals surface area contributed by atoms with Crippen LogP contribution in [0.25, 0.3) is 0 Å². The SMILES string of the molecule is CC1(C)C2([N+](=O)[O-])CN3CC1([N+](=O)[O-])CN(C2)C3[C@H](O)[C@@H](O)[C@@H](O)CO. The number of rotatable bonds is 6. The van der Waals surface area contributed by atoms with Crippen LogP contribution >= 0.6 is 0 Å². The fraction of sp³-hybridized carbons (Fsp3) is 1.00. The number of nitrogens with zero attached hydrogens (tertiary/aromatic N) is 4. The molecule has 0 aromatic rings. The van der Waals surface area contributed by atoms with E-state index in [4.69, 9.17) is 5.11 Å². The lowest BCUT2D eigenvalue weighted by molar-refractivity contribution is -0.679. The molecule has 148 valence electrons. The summed E-state index contributed by atoms with van der Waals surface area (Å²) in [4.78, 5) is 25.8. The van der Waals surface area contributed by atoms with Crippen molar-refractivity contribution in [2.45, 2.75) is 49.4 Å². The molecular formula is C14H24N4O8. The lowest BCUT2D eigenvalue weighted by atomic mass is 9.53. The largest absolute Gasteiger partial charge is 0.394 e. The van der Waals surface area contributed by atoms with E-state index in [0.29, 0.717) is 0 Å². The maximum Gasteiger partial charge on any atom is 0.259 e. The Bertz CT molecular complexity index is 576. The van der Waals surface area contributed by atoms with Crippen LogP contribution in [0.4, 0.5) is 0 Å². The van der Waals surface area contributed by atoms with Gasteiger partial charge in [-0.2, -0.15) is 0 Å². The van der Waals surface area contributed by atoms with Gasteiger partial charge in [0, 0.05) is 9.85 Å². The fourth-order valence-electron chi connectivity index (χ4n) is 5.02. The second kappa shape index (κ2) is 5.78. The van der Waals surface area contributed by atoms with E-state index in [1.54, 1.807) is 13.8 Å². The summed E-state index contributed by atoms with van der Waals surface area (Å²) in [5.41, 5.74) is -4.40. The lowest BCUT2D eigenvalue weighted by Gasteiger charge is -2.66. The highest BCUT2D eigenvalue weighted by Crippen LogP contribution is 2.56. The third-order valence-corrected chi connectivity index (χ3v) is 6.87. The standard InChI is InChI=1S/C14H24N4O8/c1-12(2)13(17(23)24)4-15-6-14(12,18(25)26)7-16(5-13)11(15)10(22)9(21)8(20)3-19/h8-11,19-22H,3-7H2,1-2H3/t8-,9-,10+,11?,13?,14?/m0/s1. The minimum atomic E-state index is -1.69. The first-order valence-corrected chi connectivity index (χ1v) is 8.37. The smallest absolute Gasteiger partial charge is 0.259 e. The van der Waals surface area contributed by atoms with Crippen LogP contribution in [-0.2, 0) is 0 Å². The van der Waals surface area contributed by atoms with E-state index in [2.05, 4.69) is 0 Å². The molecule has 4 N–H and O–H groups in total. The third-order valence-electron chi connectivity index (χ3n) is 6.87. The Labute approximate surface area is 148 Å². The maximum absolute atomic E-state index is 11.9. The van der Waals surface area contributed by atoms with Crippen molar-refractivity contribution in [2.24, 2.45) is 5.41 Å². The number of hydrogen-bond acceptors (Lipinski definition) is 10. The number of aliphatic hydroxyl groups excluding tert-OH is 4. The van der Waals surface area contributed by atoms with Gasteiger partial charge in [-0.3, -0.25) is 30.0 Å². The van der Waals surface area contributed by atoms with Crippen LogP contribution in [0.2, 0.25) is 0 Å². The molecule has 4 saturated heterocycles. The summed E-state index contributed by atoms with van der Waals surface area (Å²) in [5.74, 6) is 0. The zero-order valence-corrected chi connectivity index (χ0v) is 14.6. The van der Waals surface area contributed by atoms with Crippen molar-refractivity contribution in [1.82, 2.24) is 9.80 Å². The van der Waals surface area contributed by atoms with Crippen LogP contribution in [0.15, 0.2) is 0 Å². The van der Waals surface area contributed by atoms with Crippen LogP contribution in [0.5, 0.6) is 0 Å². The number of aliphatic hydroxyl groups is 4. The van der Waals surface area contributed by atoms with E-state index < -0.39 is 57.4 Å². The summed E-state index contributed by atoms with van der Waals surface area (Å²) >= 11 is 0. The number of nitro groups is 2. The summed E-state index contributed by atoms with van der Waals surface area (Å²) in [5, 5.41) is 63.0. The Kier molecular flexibility index (Phi) is 4.29. The highest BCUT2D eigenvalue weighted by atomic mass is 16.6. The average Bonchev–Trinajstić information content (AvgIpc) is 2.56. The van der Waals surface area contributed by atoms with E-state index in [-0.39, 0.29) is 26.2 Å². The molecule has 3 atom stereocenters. The molecule has 4 aliphatic rings. The van der Waals surface area contributed by atoms with Crippen molar-refractivity contribution in [3.05, 3.63) is 20.2 Å². The highest BCUT2D eigenvalue weighted by molar-refractivity contribution is 5.22. The van der Waals surface area contributed by atoms with Gasteiger partial charge in [0.15, 0.2) is 0 Å². The molecule has 12 nitrogen and oxygen atoms in total. The molecule has 4 aliphatic heterocycles. The summed E-state index contributed by atoms with van der Waals surface area (Å²) < 4.78 is 0. The molecule has 26 heavy (non-hydrogen) atoms. The predicted octanol–water partition coefficient (Wildman–Crippen LogP) is -2.91. The van der Waals surface area contributed by atoms with Gasteiger partial charge in [-0.15, -0.1) is 0 Å². The fourth-order valence-corrected chi connectivity index (χ4v) is 5.02. The van der Waals surface area contributed by atoms with Gasteiger partial charge in [0.25, 0.3) is 11.1 Å². The molecule has 0 radical (unpaired) electrons. The first kappa shape index (κ1) is 19.3. The van der Waals surface area contributed by atoms with Crippen LogP contribution < -0.4 is 0 Å². The Hall–Kier alpha value is -1.44. The average molecular weight is 376 g/mol. The van der Waals surface area contributed by atoms with Crippen molar-refractivity contribution in [1.29, 1.82) is 0 Å². The van der Waals surface area contributed by atoms with Gasteiger partial charge >= 0.3 is 0 Å². The van der Waals surface area contributed by atoms with E-state index in [0.717, 1.165) is 0 Å². The van der Waals surface area contributed by atoms with Crippen LogP contribution in [0.1, 0.15) is 13.8 Å². The Morgan fingerprint density at radius 3 is 1.69 bits per heavy atom. The first-order chi connectivity index (χ1) is 11.9. The van der Waals surface area contributed by atoms with Gasteiger partial charge in [0.2, 0.25) is 0 Å². The van der Waals surface area contributed by atoms with Crippen molar-refractivity contribution >= 4 is 0 Å². The summed E-state index contributed by atoms with van der Waals surface area (Å²) in [6, 6.07) is 0. The van der Waals surface area contributed by atoms with Crippen LogP contribution in [0.3, 0.4) is 0 Å². The molecule has 12 heteroatoms. The summed E-state index contributed by atoms with van der Waals surface area (Å²) in [6.45, 7) is 1.90. The molecule has 0 spiro atoms. The van der Waals surface area contributed by atoms with E-state index in [1.165, 1.54) is 9.80 Å². The summed E-state index contributed by atoms with van der Waals surface area (Å²) in [7, 11) is 0. The topological polar surface area (TPSA) is 174 Å². The Morgan fingerprint density at radius 2 is 1.38 bits per heavy atom. The van der Waals surface area contributed by atoms with Gasteiger partial charge in [0.05, 0.1) is 39.0 Å². The Morgan fingerprint density at radius 1 is 1.00 bits per heavy atom. The normalized spacial score (nSPS) is 43.7. The lowest BCUT2D eigenvalue weighted by Crippen LogP contribution is -2.91. The van der Waals surface area contributed by atoms with E-state index in [1.807, 2.05) is 0 Å². The second-order valence-corrected chi connectivity index (χ2v) is 8.16. The predicted molar refractivity (Wildman–Crippen MR) is 85.3 cm³/mol. The molecule has 0 amide bonds. The van der Waals surface area contributed by atoms with E-state index >= 15 is 0 Å². The maximum atomic E-state index is 11.9. The van der Waals surface area contributed by atoms with Crippen molar-refractivity contribution in [2.75, 3.05) is 32.8 Å².